The van der Waals surface area contributed by atoms with Gasteiger partial charge in [-0.25, -0.2) is 0 Å². The number of hydrogen-bond acceptors (Lipinski definition) is 2. The molecule has 0 aliphatic carbocycles. The van der Waals surface area contributed by atoms with E-state index in [1.165, 1.54) is 0 Å². The fourth-order valence-corrected chi connectivity index (χ4v) is 0.745. The number of aliphatic hydroxyl groups is 1. The molecule has 0 aromatic rings. The molecule has 3 nitrogen and oxygen atoms in total. The van der Waals surface area contributed by atoms with Crippen molar-refractivity contribution in [3.63, 3.8) is 0 Å². The Labute approximate surface area is 55.2 Å². The average Bonchev–Trinajstić information content (AvgIpc) is 1.63. The quantitative estimate of drug-likeness (QED) is 0.459. The summed E-state index contributed by atoms with van der Waals surface area (Å²) >= 11 is 0. The highest BCUT2D eigenvalue weighted by molar-refractivity contribution is 4.68. The van der Waals surface area contributed by atoms with E-state index < -0.39 is 11.7 Å². The van der Waals surface area contributed by atoms with Crippen molar-refractivity contribution in [2.45, 2.75) is 38.9 Å². The molecule has 0 bridgehead atoms. The van der Waals surface area contributed by atoms with E-state index >= 15 is 0 Å². The lowest BCUT2D eigenvalue weighted by atomic mass is 10.0. The Bertz CT molecular complexity index is 78.4. The molecule has 1 radical (unpaired) electrons. The van der Waals surface area contributed by atoms with Gasteiger partial charge in [-0.2, -0.15) is 4.89 Å². The Hall–Kier alpha value is -0.120. The summed E-state index contributed by atoms with van der Waals surface area (Å²) in [6, 6.07) is 0. The summed E-state index contributed by atoms with van der Waals surface area (Å²) in [6.45, 7) is 4.92. The van der Waals surface area contributed by atoms with Gasteiger partial charge in [0.05, 0.1) is 6.10 Å². The van der Waals surface area contributed by atoms with Gasteiger partial charge in [0.15, 0.2) is 0 Å². The van der Waals surface area contributed by atoms with E-state index in [9.17, 15) is 5.26 Å². The highest BCUT2D eigenvalue weighted by Crippen LogP contribution is 2.14. The molecule has 0 aromatic heterocycles. The molecule has 0 amide bonds. The first-order valence-corrected chi connectivity index (χ1v) is 2.97. The second kappa shape index (κ2) is 3.15. The van der Waals surface area contributed by atoms with Gasteiger partial charge in [0.2, 0.25) is 0 Å². The van der Waals surface area contributed by atoms with Crippen molar-refractivity contribution in [2.75, 3.05) is 0 Å². The van der Waals surface area contributed by atoms with Gasteiger partial charge in [0.1, 0.15) is 5.60 Å². The van der Waals surface area contributed by atoms with Crippen LogP contribution in [0.15, 0.2) is 0 Å². The number of hydrogen-bond donors (Lipinski definition) is 1. The minimum Gasteiger partial charge on any atom is -0.393 e. The standard InChI is InChI=1S/C6H13O3/c1-5(7)4-6(2,3)9-8/h5,7H,4H2,1-3H3. The Morgan fingerprint density at radius 3 is 2.22 bits per heavy atom. The molecular formula is C6H13O3. The van der Waals surface area contributed by atoms with E-state index in [1.54, 1.807) is 20.8 Å². The van der Waals surface area contributed by atoms with Crippen molar-refractivity contribution < 1.29 is 15.3 Å². The maximum Gasteiger partial charge on any atom is 0.104 e. The zero-order valence-corrected chi connectivity index (χ0v) is 6.05. The monoisotopic (exact) mass is 133 g/mol. The normalized spacial score (nSPS) is 15.7. The lowest BCUT2D eigenvalue weighted by Gasteiger charge is -2.19. The van der Waals surface area contributed by atoms with E-state index in [2.05, 4.69) is 4.89 Å². The third kappa shape index (κ3) is 4.39. The number of aliphatic hydroxyl groups excluding tert-OH is 1. The third-order valence-corrected chi connectivity index (χ3v) is 1.01. The van der Waals surface area contributed by atoms with E-state index in [4.69, 9.17) is 5.11 Å². The van der Waals surface area contributed by atoms with Crippen LogP contribution in [0.5, 0.6) is 0 Å². The van der Waals surface area contributed by atoms with Crippen LogP contribution in [0.1, 0.15) is 27.2 Å². The zero-order chi connectivity index (χ0) is 7.49. The maximum absolute atomic E-state index is 9.88. The Balaban J connectivity index is 3.58. The molecule has 0 saturated carbocycles. The summed E-state index contributed by atoms with van der Waals surface area (Å²) in [6.07, 6.45) is -0.106. The Morgan fingerprint density at radius 1 is 1.67 bits per heavy atom. The van der Waals surface area contributed by atoms with Crippen molar-refractivity contribution >= 4 is 0 Å². The smallest absolute Gasteiger partial charge is 0.104 e. The van der Waals surface area contributed by atoms with E-state index in [0.717, 1.165) is 0 Å². The van der Waals surface area contributed by atoms with Crippen LogP contribution in [0.3, 0.4) is 0 Å². The van der Waals surface area contributed by atoms with Crippen LogP contribution < -0.4 is 0 Å². The second-order valence-electron chi connectivity index (χ2n) is 2.90. The highest BCUT2D eigenvalue weighted by Gasteiger charge is 2.21. The van der Waals surface area contributed by atoms with Gasteiger partial charge < -0.3 is 5.11 Å². The van der Waals surface area contributed by atoms with Crippen molar-refractivity contribution in [3.8, 4) is 0 Å². The molecule has 1 unspecified atom stereocenters. The van der Waals surface area contributed by atoms with E-state index in [1.807, 2.05) is 0 Å². The lowest BCUT2D eigenvalue weighted by molar-refractivity contribution is -0.368. The number of rotatable bonds is 3. The first-order valence-electron chi connectivity index (χ1n) is 2.97. The second-order valence-corrected chi connectivity index (χ2v) is 2.90. The van der Waals surface area contributed by atoms with Crippen LogP contribution in [0.4, 0.5) is 0 Å². The van der Waals surface area contributed by atoms with Gasteiger partial charge in [-0.15, -0.1) is 0 Å². The molecule has 0 heterocycles. The van der Waals surface area contributed by atoms with Gasteiger partial charge in [0.25, 0.3) is 0 Å². The Morgan fingerprint density at radius 2 is 2.11 bits per heavy atom. The zero-order valence-electron chi connectivity index (χ0n) is 6.05. The predicted molar refractivity (Wildman–Crippen MR) is 32.1 cm³/mol. The lowest BCUT2D eigenvalue weighted by Crippen LogP contribution is -2.26. The molecule has 3 heteroatoms. The summed E-state index contributed by atoms with van der Waals surface area (Å²) in [5, 5.41) is 18.7. The molecule has 0 aromatic carbocycles. The topological polar surface area (TPSA) is 49.4 Å². The van der Waals surface area contributed by atoms with Gasteiger partial charge in [0, 0.05) is 6.42 Å². The SMILES string of the molecule is CC(O)CC(C)(C)O[O]. The van der Waals surface area contributed by atoms with Crippen LogP contribution in [-0.4, -0.2) is 16.8 Å². The van der Waals surface area contributed by atoms with Crippen molar-refractivity contribution in [1.29, 1.82) is 0 Å². The van der Waals surface area contributed by atoms with E-state index in [-0.39, 0.29) is 0 Å². The maximum atomic E-state index is 9.88. The van der Waals surface area contributed by atoms with Crippen LogP contribution >= 0.6 is 0 Å². The highest BCUT2D eigenvalue weighted by atomic mass is 17.1. The van der Waals surface area contributed by atoms with Crippen LogP contribution in [0.25, 0.3) is 0 Å². The molecule has 1 N–H and O–H groups in total. The minimum atomic E-state index is -0.742. The summed E-state index contributed by atoms with van der Waals surface area (Å²) in [5.41, 5.74) is -0.742. The fraction of sp³-hybridized carbons (Fsp3) is 1.00. The molecule has 0 aliphatic heterocycles. The molecule has 55 valence electrons. The first kappa shape index (κ1) is 8.88. The van der Waals surface area contributed by atoms with Crippen molar-refractivity contribution in [3.05, 3.63) is 0 Å². The molecular weight excluding hydrogens is 120 g/mol. The van der Waals surface area contributed by atoms with Gasteiger partial charge in [-0.05, 0) is 26.0 Å². The van der Waals surface area contributed by atoms with Gasteiger partial charge >= 0.3 is 0 Å². The van der Waals surface area contributed by atoms with E-state index in [0.29, 0.717) is 6.42 Å². The van der Waals surface area contributed by atoms with Crippen LogP contribution in [0.2, 0.25) is 0 Å². The molecule has 9 heavy (non-hydrogen) atoms. The third-order valence-electron chi connectivity index (χ3n) is 1.01. The first-order chi connectivity index (χ1) is 3.98. The molecule has 0 aliphatic rings. The van der Waals surface area contributed by atoms with Crippen LogP contribution in [-0.2, 0) is 10.1 Å². The van der Waals surface area contributed by atoms with Gasteiger partial charge in [-0.1, -0.05) is 0 Å². The molecule has 0 rings (SSSR count). The minimum absolute atomic E-state index is 0.372. The molecule has 0 spiro atoms. The Kier molecular flexibility index (Phi) is 3.11. The average molecular weight is 133 g/mol. The molecule has 0 fully saturated rings. The summed E-state index contributed by atoms with van der Waals surface area (Å²) < 4.78 is 0. The van der Waals surface area contributed by atoms with Crippen molar-refractivity contribution in [1.82, 2.24) is 0 Å². The molecule has 1 atom stereocenters. The largest absolute Gasteiger partial charge is 0.393 e. The van der Waals surface area contributed by atoms with Gasteiger partial charge in [-0.3, -0.25) is 0 Å². The summed E-state index contributed by atoms with van der Waals surface area (Å²) in [4.78, 5) is 3.84. The van der Waals surface area contributed by atoms with Crippen molar-refractivity contribution in [2.24, 2.45) is 0 Å². The molecule has 0 saturated heterocycles. The summed E-state index contributed by atoms with van der Waals surface area (Å²) in [7, 11) is 0. The van der Waals surface area contributed by atoms with Crippen LogP contribution in [0, 0.1) is 0 Å². The predicted octanol–water partition coefficient (Wildman–Crippen LogP) is 0.898. The fourth-order valence-electron chi connectivity index (χ4n) is 0.745. The summed E-state index contributed by atoms with van der Waals surface area (Å²) in [5.74, 6) is 0.